The standard InChI is InChI=1S/C11H13F2NO2S/c1-7(15)6-14-10(16)8-4-2-3-5-9(8)17-11(12)13/h2-5,7,11,15H,6H2,1H3,(H,14,16)/t7-/m1/s1. The van der Waals surface area contributed by atoms with Crippen LogP contribution in [0, 0.1) is 0 Å². The second kappa shape index (κ2) is 6.56. The topological polar surface area (TPSA) is 49.3 Å². The number of nitrogens with one attached hydrogen (secondary N) is 1. The Hall–Kier alpha value is -1.14. The Balaban J connectivity index is 2.78. The normalized spacial score (nSPS) is 12.5. The minimum Gasteiger partial charge on any atom is -0.392 e. The van der Waals surface area contributed by atoms with E-state index in [1.807, 2.05) is 0 Å². The van der Waals surface area contributed by atoms with Gasteiger partial charge in [0.2, 0.25) is 0 Å². The van der Waals surface area contributed by atoms with Gasteiger partial charge in [-0.05, 0) is 19.1 Å². The number of aliphatic hydroxyl groups excluding tert-OH is 1. The molecular weight excluding hydrogens is 248 g/mol. The lowest BCUT2D eigenvalue weighted by Gasteiger charge is -2.10. The zero-order valence-electron chi connectivity index (χ0n) is 9.19. The molecule has 0 aromatic heterocycles. The number of hydrogen-bond donors (Lipinski definition) is 2. The second-order valence-corrected chi connectivity index (χ2v) is 4.47. The van der Waals surface area contributed by atoms with Crippen molar-refractivity contribution < 1.29 is 18.7 Å². The van der Waals surface area contributed by atoms with Crippen LogP contribution in [0.15, 0.2) is 29.2 Å². The smallest absolute Gasteiger partial charge is 0.288 e. The summed E-state index contributed by atoms with van der Waals surface area (Å²) in [5.41, 5.74) is 0.193. The summed E-state index contributed by atoms with van der Waals surface area (Å²) in [7, 11) is 0. The van der Waals surface area contributed by atoms with Gasteiger partial charge in [-0.3, -0.25) is 4.79 Å². The lowest BCUT2D eigenvalue weighted by atomic mass is 10.2. The zero-order valence-corrected chi connectivity index (χ0v) is 10.0. The minimum atomic E-state index is -2.57. The van der Waals surface area contributed by atoms with Crippen molar-refractivity contribution in [2.24, 2.45) is 0 Å². The molecule has 0 radical (unpaired) electrons. The first-order valence-electron chi connectivity index (χ1n) is 5.01. The molecule has 1 aromatic rings. The van der Waals surface area contributed by atoms with Crippen molar-refractivity contribution in [1.29, 1.82) is 0 Å². The van der Waals surface area contributed by atoms with Crippen LogP contribution < -0.4 is 5.32 Å². The number of rotatable bonds is 5. The van der Waals surface area contributed by atoms with Crippen LogP contribution >= 0.6 is 11.8 Å². The van der Waals surface area contributed by atoms with Gasteiger partial charge in [0.25, 0.3) is 11.7 Å². The van der Waals surface area contributed by atoms with Crippen LogP contribution in [0.25, 0.3) is 0 Å². The van der Waals surface area contributed by atoms with Crippen LogP contribution in [0.1, 0.15) is 17.3 Å². The third kappa shape index (κ3) is 4.70. The molecule has 2 N–H and O–H groups in total. The molecule has 1 aromatic carbocycles. The van der Waals surface area contributed by atoms with Gasteiger partial charge in [0.05, 0.1) is 11.7 Å². The van der Waals surface area contributed by atoms with Gasteiger partial charge >= 0.3 is 0 Å². The predicted octanol–water partition coefficient (Wildman–Crippen LogP) is 2.11. The predicted molar refractivity (Wildman–Crippen MR) is 62.3 cm³/mol. The quantitative estimate of drug-likeness (QED) is 0.798. The zero-order chi connectivity index (χ0) is 12.8. The van der Waals surface area contributed by atoms with E-state index < -0.39 is 17.8 Å². The monoisotopic (exact) mass is 261 g/mol. The van der Waals surface area contributed by atoms with Crippen molar-refractivity contribution in [3.63, 3.8) is 0 Å². The molecule has 0 bridgehead atoms. The molecule has 0 unspecified atom stereocenters. The van der Waals surface area contributed by atoms with Crippen LogP contribution in [0.5, 0.6) is 0 Å². The van der Waals surface area contributed by atoms with Gasteiger partial charge in [-0.15, -0.1) is 0 Å². The summed E-state index contributed by atoms with van der Waals surface area (Å²) < 4.78 is 24.5. The molecule has 17 heavy (non-hydrogen) atoms. The Kier molecular flexibility index (Phi) is 5.37. The molecule has 0 fully saturated rings. The fourth-order valence-corrected chi connectivity index (χ4v) is 1.83. The van der Waals surface area contributed by atoms with Gasteiger partial charge < -0.3 is 10.4 Å². The Bertz CT molecular complexity index is 385. The number of aliphatic hydroxyl groups is 1. The molecule has 0 aliphatic carbocycles. The third-order valence-electron chi connectivity index (χ3n) is 1.91. The first-order chi connectivity index (χ1) is 8.00. The minimum absolute atomic E-state index is 0.0898. The Labute approximate surface area is 102 Å². The molecule has 0 spiro atoms. The van der Waals surface area contributed by atoms with Gasteiger partial charge in [0.15, 0.2) is 0 Å². The first kappa shape index (κ1) is 13.9. The van der Waals surface area contributed by atoms with Crippen molar-refractivity contribution in [2.45, 2.75) is 23.7 Å². The fraction of sp³-hybridized carbons (Fsp3) is 0.364. The summed E-state index contributed by atoms with van der Waals surface area (Å²) >= 11 is 0.331. The summed E-state index contributed by atoms with van der Waals surface area (Å²) in [6.07, 6.45) is -0.672. The molecule has 94 valence electrons. The highest BCUT2D eigenvalue weighted by Gasteiger charge is 2.14. The highest BCUT2D eigenvalue weighted by molar-refractivity contribution is 7.99. The highest BCUT2D eigenvalue weighted by Crippen LogP contribution is 2.28. The molecule has 0 aliphatic rings. The second-order valence-electron chi connectivity index (χ2n) is 3.43. The summed E-state index contributed by atoms with van der Waals surface area (Å²) in [6.45, 7) is 1.62. The van der Waals surface area contributed by atoms with E-state index in [2.05, 4.69) is 5.32 Å². The van der Waals surface area contributed by atoms with Crippen molar-refractivity contribution in [3.05, 3.63) is 29.8 Å². The van der Waals surface area contributed by atoms with E-state index in [9.17, 15) is 13.6 Å². The number of carbonyl (C=O) groups excluding carboxylic acids is 1. The van der Waals surface area contributed by atoms with Crippen molar-refractivity contribution in [3.8, 4) is 0 Å². The number of hydrogen-bond acceptors (Lipinski definition) is 3. The van der Waals surface area contributed by atoms with Crippen molar-refractivity contribution >= 4 is 17.7 Å². The Morgan fingerprint density at radius 2 is 2.12 bits per heavy atom. The summed E-state index contributed by atoms with van der Waals surface area (Å²) in [4.78, 5) is 11.9. The maximum atomic E-state index is 12.3. The number of carbonyl (C=O) groups is 1. The fourth-order valence-electron chi connectivity index (χ4n) is 1.19. The highest BCUT2D eigenvalue weighted by atomic mass is 32.2. The van der Waals surface area contributed by atoms with Crippen LogP contribution in [0.4, 0.5) is 8.78 Å². The number of amides is 1. The average Bonchev–Trinajstić information content (AvgIpc) is 2.25. The number of thioether (sulfide) groups is 1. The third-order valence-corrected chi connectivity index (χ3v) is 2.69. The van der Waals surface area contributed by atoms with E-state index in [0.717, 1.165) is 0 Å². The lowest BCUT2D eigenvalue weighted by molar-refractivity contribution is 0.0921. The van der Waals surface area contributed by atoms with E-state index >= 15 is 0 Å². The SMILES string of the molecule is C[C@@H](O)CNC(=O)c1ccccc1SC(F)F. The van der Waals surface area contributed by atoms with Crippen molar-refractivity contribution in [1.82, 2.24) is 5.32 Å². The summed E-state index contributed by atoms with van der Waals surface area (Å²) in [6, 6.07) is 6.14. The van der Waals surface area contributed by atoms with Crippen LogP contribution in [-0.2, 0) is 0 Å². The molecule has 0 saturated heterocycles. The first-order valence-corrected chi connectivity index (χ1v) is 5.88. The van der Waals surface area contributed by atoms with Crippen LogP contribution in [0.2, 0.25) is 0 Å². The van der Waals surface area contributed by atoms with Crippen LogP contribution in [-0.4, -0.2) is 29.4 Å². The van der Waals surface area contributed by atoms with Crippen LogP contribution in [0.3, 0.4) is 0 Å². The average molecular weight is 261 g/mol. The summed E-state index contributed by atoms with van der Waals surface area (Å²) in [5.74, 6) is -3.03. The van der Waals surface area contributed by atoms with E-state index in [0.29, 0.717) is 11.8 Å². The van der Waals surface area contributed by atoms with E-state index in [-0.39, 0.29) is 17.0 Å². The Morgan fingerprint density at radius 1 is 1.47 bits per heavy atom. The lowest BCUT2D eigenvalue weighted by Crippen LogP contribution is -2.30. The molecule has 0 saturated carbocycles. The van der Waals surface area contributed by atoms with Gasteiger partial charge in [0, 0.05) is 11.4 Å². The van der Waals surface area contributed by atoms with Gasteiger partial charge in [0.1, 0.15) is 0 Å². The van der Waals surface area contributed by atoms with Gasteiger partial charge in [-0.25, -0.2) is 0 Å². The summed E-state index contributed by atoms with van der Waals surface area (Å²) in [5, 5.41) is 11.5. The molecule has 3 nitrogen and oxygen atoms in total. The van der Waals surface area contributed by atoms with Crippen molar-refractivity contribution in [2.75, 3.05) is 6.54 Å². The maximum Gasteiger partial charge on any atom is 0.288 e. The van der Waals surface area contributed by atoms with E-state index in [1.165, 1.54) is 19.1 Å². The van der Waals surface area contributed by atoms with E-state index in [1.54, 1.807) is 12.1 Å². The molecule has 6 heteroatoms. The molecule has 1 atom stereocenters. The molecule has 1 rings (SSSR count). The van der Waals surface area contributed by atoms with E-state index in [4.69, 9.17) is 5.11 Å². The largest absolute Gasteiger partial charge is 0.392 e. The number of benzene rings is 1. The Morgan fingerprint density at radius 3 is 2.71 bits per heavy atom. The number of halogens is 2. The van der Waals surface area contributed by atoms with Gasteiger partial charge in [-0.2, -0.15) is 8.78 Å². The molecule has 0 aliphatic heterocycles. The molecule has 1 amide bonds. The number of alkyl halides is 2. The van der Waals surface area contributed by atoms with Gasteiger partial charge in [-0.1, -0.05) is 23.9 Å². The maximum absolute atomic E-state index is 12.3. The molecule has 0 heterocycles. The molecular formula is C11H13F2NO2S.